The second-order valence-corrected chi connectivity index (χ2v) is 15.6. The molecule has 3 aromatic carbocycles. The van der Waals surface area contributed by atoms with Gasteiger partial charge in [0.25, 0.3) is 0 Å². The third-order valence-corrected chi connectivity index (χ3v) is 11.4. The molecule has 49 heavy (non-hydrogen) atoms. The van der Waals surface area contributed by atoms with Crippen LogP contribution in [-0.2, 0) is 30.3 Å². The molecule has 5 heteroatoms. The first-order valence-electron chi connectivity index (χ1n) is 17.7. The number of nitrogens with zero attached hydrogens (tertiary/aromatic N) is 1. The van der Waals surface area contributed by atoms with Gasteiger partial charge in [-0.25, -0.2) is 0 Å². The number of allylic oxidation sites excluding steroid dienone is 2. The average molecular weight is 855 g/mol. The van der Waals surface area contributed by atoms with Crippen LogP contribution >= 0.6 is 11.3 Å². The Morgan fingerprint density at radius 1 is 0.878 bits per heavy atom. The molecule has 0 aliphatic rings. The number of aliphatic hydroxyl groups is 1. The van der Waals surface area contributed by atoms with E-state index in [9.17, 15) is 9.90 Å². The molecule has 2 aromatic heterocycles. The topological polar surface area (TPSA) is 41.2 Å². The molecule has 0 atom stereocenters. The third kappa shape index (κ3) is 8.28. The maximum atomic E-state index is 11.7. The molecule has 0 spiro atoms. The molecule has 0 amide bonds. The van der Waals surface area contributed by atoms with Crippen LogP contribution < -0.4 is 4.57 Å². The van der Waals surface area contributed by atoms with Crippen molar-refractivity contribution >= 4 is 48.1 Å². The van der Waals surface area contributed by atoms with Crippen LogP contribution in [0.5, 0.6) is 0 Å². The number of hydrogen-bond acceptors (Lipinski definition) is 3. The predicted molar refractivity (Wildman–Crippen MR) is 209 cm³/mol. The van der Waals surface area contributed by atoms with Crippen molar-refractivity contribution in [2.75, 3.05) is 0 Å². The van der Waals surface area contributed by atoms with E-state index >= 15 is 0 Å². The van der Waals surface area contributed by atoms with E-state index in [1.54, 1.807) is 0 Å². The molecule has 0 saturated heterocycles. The SMILES string of the molecule is CCC(CC)C(=O)/C=C(\O)C(CC)CC.[CH2-]c1c(-c2c3sc4c(C)c(C(C)C)ccc4c3cc[n+]2[CH2-])cc(C(C)(C)C)c2ccccc12.[Ir]. The monoisotopic (exact) mass is 855 g/mol. The Kier molecular flexibility index (Phi) is 13.8. The van der Waals surface area contributed by atoms with Crippen LogP contribution in [0.25, 0.3) is 42.2 Å². The van der Waals surface area contributed by atoms with Crippen molar-refractivity contribution in [1.82, 2.24) is 0 Å². The molecule has 265 valence electrons. The fraction of sp³-hybridized carbons (Fsp3) is 0.409. The van der Waals surface area contributed by atoms with Crippen LogP contribution in [0.1, 0.15) is 116 Å². The summed E-state index contributed by atoms with van der Waals surface area (Å²) in [5.74, 6) is 1.06. The molecule has 0 saturated carbocycles. The standard InChI is InChI=1S/C31H32NS.C13H24O2.Ir/c1-18(2)21-13-14-24-25-15-16-32(8)28(30(25)33-29(24)20(21)4)26-17-27(31(5,6)7)23-12-10-9-11-22(23)19(26)3;1-5-10(6-2)12(14)9-13(15)11(7-3)8-4;/h9-18H,3,8H2,1-2,4-7H3;9-11,14H,5-8H2,1-4H3;/q-1;;/b;12-9-;. The smallest absolute Gasteiger partial charge is 0.162 e. The van der Waals surface area contributed by atoms with Crippen molar-refractivity contribution in [3.63, 3.8) is 0 Å². The van der Waals surface area contributed by atoms with Crippen LogP contribution in [0.4, 0.5) is 0 Å². The largest absolute Gasteiger partial charge is 0.512 e. The summed E-state index contributed by atoms with van der Waals surface area (Å²) in [5, 5.41) is 14.9. The number of aryl methyl sites for hydroxylation is 1. The van der Waals surface area contributed by atoms with Gasteiger partial charge in [0.15, 0.2) is 5.78 Å². The second kappa shape index (κ2) is 16.7. The van der Waals surface area contributed by atoms with Gasteiger partial charge in [-0.1, -0.05) is 104 Å². The molecular weight excluding hydrogens is 799 g/mol. The molecule has 0 unspecified atom stereocenters. The fourth-order valence-electron chi connectivity index (χ4n) is 6.99. The zero-order valence-corrected chi connectivity index (χ0v) is 34.5. The molecule has 0 fully saturated rings. The summed E-state index contributed by atoms with van der Waals surface area (Å²) in [6.07, 6.45) is 7.00. The van der Waals surface area contributed by atoms with E-state index in [0.717, 1.165) is 36.9 Å². The summed E-state index contributed by atoms with van der Waals surface area (Å²) < 4.78 is 4.69. The number of ketones is 1. The molecule has 2 heterocycles. The number of pyridine rings is 1. The molecule has 5 aromatic rings. The van der Waals surface area contributed by atoms with Crippen molar-refractivity contribution in [1.29, 1.82) is 0 Å². The maximum absolute atomic E-state index is 11.7. The zero-order valence-electron chi connectivity index (χ0n) is 31.3. The number of thiophene rings is 1. The van der Waals surface area contributed by atoms with Crippen molar-refractivity contribution in [2.45, 2.75) is 106 Å². The number of rotatable bonds is 9. The van der Waals surface area contributed by atoms with Gasteiger partial charge in [-0.3, -0.25) is 4.79 Å². The van der Waals surface area contributed by atoms with E-state index in [2.05, 4.69) is 110 Å². The minimum absolute atomic E-state index is 0. The van der Waals surface area contributed by atoms with Gasteiger partial charge < -0.3 is 9.67 Å². The molecule has 0 aliphatic carbocycles. The number of fused-ring (bicyclic) bond motifs is 4. The quantitative estimate of drug-likeness (QED) is 0.0694. The summed E-state index contributed by atoms with van der Waals surface area (Å²) in [7, 11) is 4.39. The first-order chi connectivity index (χ1) is 22.7. The number of aliphatic hydroxyl groups excluding tert-OH is 1. The first kappa shape index (κ1) is 40.3. The van der Waals surface area contributed by atoms with Gasteiger partial charge >= 0.3 is 0 Å². The van der Waals surface area contributed by atoms with Crippen LogP contribution in [0.2, 0.25) is 0 Å². The Labute approximate surface area is 313 Å². The van der Waals surface area contributed by atoms with Gasteiger partial charge in [0, 0.05) is 54.5 Å². The van der Waals surface area contributed by atoms with Gasteiger partial charge in [0.05, 0.1) is 17.6 Å². The van der Waals surface area contributed by atoms with Crippen molar-refractivity contribution in [2.24, 2.45) is 11.8 Å². The minimum Gasteiger partial charge on any atom is -0.512 e. The van der Waals surface area contributed by atoms with E-state index in [4.69, 9.17) is 0 Å². The molecule has 1 N–H and O–H groups in total. The third-order valence-electron chi connectivity index (χ3n) is 10.0. The predicted octanol–water partition coefficient (Wildman–Crippen LogP) is 12.6. The first-order valence-corrected chi connectivity index (χ1v) is 18.6. The Morgan fingerprint density at radius 2 is 1.45 bits per heavy atom. The van der Waals surface area contributed by atoms with Crippen LogP contribution in [0.3, 0.4) is 0 Å². The van der Waals surface area contributed by atoms with Crippen molar-refractivity contribution < 1.29 is 34.6 Å². The van der Waals surface area contributed by atoms with Crippen LogP contribution in [0.15, 0.2) is 66.6 Å². The summed E-state index contributed by atoms with van der Waals surface area (Å²) in [5.41, 5.74) is 7.58. The van der Waals surface area contributed by atoms with E-state index in [-0.39, 0.29) is 48.9 Å². The molecule has 3 nitrogen and oxygen atoms in total. The van der Waals surface area contributed by atoms with E-state index in [1.807, 2.05) is 43.6 Å². The molecule has 1 radical (unpaired) electrons. The Hall–Kier alpha value is -3.11. The van der Waals surface area contributed by atoms with Crippen molar-refractivity contribution in [3.8, 4) is 11.3 Å². The minimum atomic E-state index is 0. The number of benzene rings is 3. The van der Waals surface area contributed by atoms with Crippen LogP contribution in [-0.4, -0.2) is 10.9 Å². The summed E-state index contributed by atoms with van der Waals surface area (Å²) in [6.45, 7) is 26.3. The molecule has 0 bridgehead atoms. The van der Waals surface area contributed by atoms with Crippen LogP contribution in [0, 0.1) is 32.7 Å². The van der Waals surface area contributed by atoms with E-state index in [0.29, 0.717) is 5.92 Å². The number of carbonyl (C=O) groups excluding carboxylic acids is 1. The Morgan fingerprint density at radius 3 is 2.00 bits per heavy atom. The normalized spacial score (nSPS) is 12.2. The summed E-state index contributed by atoms with van der Waals surface area (Å²) in [4.78, 5) is 11.7. The van der Waals surface area contributed by atoms with Gasteiger partial charge in [-0.05, 0) is 71.9 Å². The zero-order chi connectivity index (χ0) is 35.5. The molecule has 0 aliphatic heterocycles. The Balaban J connectivity index is 0.000000347. The number of aromatic nitrogens is 1. The van der Waals surface area contributed by atoms with E-state index in [1.165, 1.54) is 59.3 Å². The second-order valence-electron chi connectivity index (χ2n) is 14.5. The number of hydrogen-bond donors (Lipinski definition) is 1. The maximum Gasteiger partial charge on any atom is 0.162 e. The molecular formula is C44H56IrNO2S-. The van der Waals surface area contributed by atoms with E-state index < -0.39 is 0 Å². The van der Waals surface area contributed by atoms with Gasteiger partial charge in [-0.15, -0.1) is 34.4 Å². The summed E-state index contributed by atoms with van der Waals surface area (Å²) in [6, 6.07) is 17.9. The average Bonchev–Trinajstić information content (AvgIpc) is 3.42. The fourth-order valence-corrected chi connectivity index (χ4v) is 8.36. The van der Waals surface area contributed by atoms with Gasteiger partial charge in [0.2, 0.25) is 0 Å². The molecule has 5 rings (SSSR count). The van der Waals surface area contributed by atoms with Gasteiger partial charge in [-0.2, -0.15) is 12.5 Å². The Bertz CT molecular complexity index is 1950. The van der Waals surface area contributed by atoms with Gasteiger partial charge in [0.1, 0.15) is 0 Å². The number of carbonyl (C=O) groups is 1. The van der Waals surface area contributed by atoms with Crippen molar-refractivity contribution in [3.05, 3.63) is 103 Å². The summed E-state index contributed by atoms with van der Waals surface area (Å²) >= 11 is 1.89.